The lowest BCUT2D eigenvalue weighted by Gasteiger charge is -1.94. The SMILES string of the molecule is CCC1=CI=CC=C1. The molecule has 0 N–H and O–H groups in total. The third-order valence-electron chi connectivity index (χ3n) is 1.07. The summed E-state index contributed by atoms with van der Waals surface area (Å²) < 4.78 is 4.65. The Morgan fingerprint density at radius 3 is 2.88 bits per heavy atom. The fourth-order valence-electron chi connectivity index (χ4n) is 0.551. The molecule has 0 aromatic rings. The van der Waals surface area contributed by atoms with Crippen molar-refractivity contribution >= 4 is 24.7 Å². The van der Waals surface area contributed by atoms with Crippen molar-refractivity contribution in [3.05, 3.63) is 21.8 Å². The van der Waals surface area contributed by atoms with Crippen molar-refractivity contribution in [2.75, 3.05) is 0 Å². The number of hydrogen-bond acceptors (Lipinski definition) is 0. The van der Waals surface area contributed by atoms with Crippen LogP contribution >= 0.6 is 20.7 Å². The molecule has 1 rings (SSSR count). The van der Waals surface area contributed by atoms with Crippen LogP contribution in [0.4, 0.5) is 0 Å². The van der Waals surface area contributed by atoms with Crippen LogP contribution in [-0.4, -0.2) is 4.01 Å². The molecule has 1 heterocycles. The quantitative estimate of drug-likeness (QED) is 0.596. The average molecular weight is 220 g/mol. The molecule has 0 aliphatic carbocycles. The number of hydrogen-bond donors (Lipinski definition) is 0. The van der Waals surface area contributed by atoms with Crippen LogP contribution in [0.1, 0.15) is 13.3 Å². The summed E-state index contributed by atoms with van der Waals surface area (Å²) in [5.41, 5.74) is 1.51. The van der Waals surface area contributed by atoms with Gasteiger partial charge in [0.1, 0.15) is 0 Å². The molecule has 0 saturated carbocycles. The first-order valence-electron chi connectivity index (χ1n) is 2.74. The molecule has 8 heavy (non-hydrogen) atoms. The van der Waals surface area contributed by atoms with Crippen LogP contribution < -0.4 is 0 Å². The molecule has 0 aromatic heterocycles. The smallest absolute Gasteiger partial charge is 0.0255 e. The summed E-state index contributed by atoms with van der Waals surface area (Å²) in [4.78, 5) is 0. The maximum absolute atomic E-state index is 2.37. The van der Waals surface area contributed by atoms with E-state index < -0.39 is 0 Å². The number of allylic oxidation sites excluding steroid dienone is 3. The summed E-state index contributed by atoms with van der Waals surface area (Å²) in [5, 5.41) is 0. The first-order valence-corrected chi connectivity index (χ1v) is 5.23. The highest BCUT2D eigenvalue weighted by Crippen LogP contribution is 2.13. The second-order valence-corrected chi connectivity index (χ2v) is 3.71. The zero-order chi connectivity index (χ0) is 5.82. The summed E-state index contributed by atoms with van der Waals surface area (Å²) in [6.45, 7) is 2.20. The van der Waals surface area contributed by atoms with Crippen LogP contribution in [0, 0.1) is 0 Å². The summed E-state index contributed by atoms with van der Waals surface area (Å²) in [5.74, 6) is 0. The Morgan fingerprint density at radius 1 is 1.62 bits per heavy atom. The van der Waals surface area contributed by atoms with Gasteiger partial charge in [0.05, 0.1) is 0 Å². The van der Waals surface area contributed by atoms with Crippen molar-refractivity contribution in [3.8, 4) is 0 Å². The molecular weight excluding hydrogens is 211 g/mol. The van der Waals surface area contributed by atoms with Crippen molar-refractivity contribution in [1.82, 2.24) is 0 Å². The van der Waals surface area contributed by atoms with Gasteiger partial charge in [0, 0.05) is 0 Å². The van der Waals surface area contributed by atoms with Crippen molar-refractivity contribution in [3.63, 3.8) is 0 Å². The summed E-state index contributed by atoms with van der Waals surface area (Å²) in [7, 11) is 0. The predicted octanol–water partition coefficient (Wildman–Crippen LogP) is 2.62. The van der Waals surface area contributed by atoms with E-state index in [1.807, 2.05) is 0 Å². The molecule has 44 valence electrons. The van der Waals surface area contributed by atoms with Gasteiger partial charge >= 0.3 is 0 Å². The van der Waals surface area contributed by atoms with Gasteiger partial charge in [-0.15, -0.1) is 0 Å². The zero-order valence-corrected chi connectivity index (χ0v) is 7.05. The van der Waals surface area contributed by atoms with Gasteiger partial charge in [-0.1, -0.05) is 39.8 Å². The summed E-state index contributed by atoms with van der Waals surface area (Å²) >= 11 is 0.294. The Balaban J connectivity index is 2.68. The Hall–Kier alpha value is 0.0800. The maximum Gasteiger partial charge on any atom is -0.0255 e. The van der Waals surface area contributed by atoms with E-state index in [0.29, 0.717) is 20.7 Å². The monoisotopic (exact) mass is 220 g/mol. The highest BCUT2D eigenvalue weighted by molar-refractivity contribution is 14.2. The Labute approximate surface area is 60.0 Å². The van der Waals surface area contributed by atoms with Crippen LogP contribution in [0.25, 0.3) is 0 Å². The Kier molecular flexibility index (Phi) is 2.46. The lowest BCUT2D eigenvalue weighted by molar-refractivity contribution is 1.16. The standard InChI is InChI=1S/C7H9I/c1-2-7-4-3-5-8-6-7/h3-6H,2H2,1H3. The zero-order valence-electron chi connectivity index (χ0n) is 4.89. The van der Waals surface area contributed by atoms with Crippen molar-refractivity contribution < 1.29 is 0 Å². The minimum atomic E-state index is 0.294. The number of rotatable bonds is 1. The highest BCUT2D eigenvalue weighted by Gasteiger charge is 1.86. The van der Waals surface area contributed by atoms with Gasteiger partial charge in [-0.2, -0.15) is 0 Å². The Morgan fingerprint density at radius 2 is 2.50 bits per heavy atom. The normalized spacial score (nSPS) is 17.4. The fourth-order valence-corrected chi connectivity index (χ4v) is 2.32. The second-order valence-electron chi connectivity index (χ2n) is 1.65. The maximum atomic E-state index is 2.37. The number of halogens is 1. The molecule has 0 saturated heterocycles. The van der Waals surface area contributed by atoms with E-state index in [1.165, 1.54) is 12.0 Å². The van der Waals surface area contributed by atoms with Gasteiger partial charge in [-0.05, 0) is 20.1 Å². The first-order chi connectivity index (χ1) is 3.93. The lowest BCUT2D eigenvalue weighted by Crippen LogP contribution is -1.74. The topological polar surface area (TPSA) is 0 Å². The van der Waals surface area contributed by atoms with Crippen LogP contribution in [-0.2, 0) is 0 Å². The van der Waals surface area contributed by atoms with Crippen LogP contribution in [0.15, 0.2) is 21.8 Å². The van der Waals surface area contributed by atoms with Crippen molar-refractivity contribution in [2.24, 2.45) is 0 Å². The average Bonchev–Trinajstić information content (AvgIpc) is 1.90. The molecule has 0 unspecified atom stereocenters. The minimum Gasteiger partial charge on any atom is -0.0934 e. The van der Waals surface area contributed by atoms with E-state index in [9.17, 15) is 0 Å². The van der Waals surface area contributed by atoms with Gasteiger partial charge in [0.2, 0.25) is 0 Å². The molecule has 0 nitrogen and oxygen atoms in total. The van der Waals surface area contributed by atoms with E-state index in [4.69, 9.17) is 0 Å². The van der Waals surface area contributed by atoms with Crippen LogP contribution in [0.5, 0.6) is 0 Å². The van der Waals surface area contributed by atoms with Gasteiger partial charge in [-0.3, -0.25) is 0 Å². The van der Waals surface area contributed by atoms with Gasteiger partial charge in [0.15, 0.2) is 0 Å². The van der Waals surface area contributed by atoms with Gasteiger partial charge < -0.3 is 0 Å². The van der Waals surface area contributed by atoms with Crippen molar-refractivity contribution in [2.45, 2.75) is 13.3 Å². The van der Waals surface area contributed by atoms with E-state index in [0.717, 1.165) is 0 Å². The Bertz CT molecular complexity index is 152. The van der Waals surface area contributed by atoms with E-state index in [2.05, 4.69) is 27.2 Å². The summed E-state index contributed by atoms with van der Waals surface area (Å²) in [6, 6.07) is 0. The molecule has 1 aliphatic heterocycles. The minimum absolute atomic E-state index is 0.294. The second kappa shape index (κ2) is 3.17. The van der Waals surface area contributed by atoms with E-state index in [-0.39, 0.29) is 0 Å². The third kappa shape index (κ3) is 1.54. The molecule has 0 radical (unpaired) electrons. The van der Waals surface area contributed by atoms with Crippen LogP contribution in [0.3, 0.4) is 0 Å². The lowest BCUT2D eigenvalue weighted by atomic mass is 10.2. The first kappa shape index (κ1) is 6.20. The largest absolute Gasteiger partial charge is 0.0934 e. The van der Waals surface area contributed by atoms with Crippen LogP contribution in [0.2, 0.25) is 0 Å². The van der Waals surface area contributed by atoms with E-state index >= 15 is 0 Å². The molecule has 1 aliphatic rings. The summed E-state index contributed by atoms with van der Waals surface area (Å²) in [6.07, 6.45) is 5.57. The molecule has 0 spiro atoms. The van der Waals surface area contributed by atoms with Crippen molar-refractivity contribution in [1.29, 1.82) is 0 Å². The molecule has 0 fully saturated rings. The molecule has 0 amide bonds. The molecule has 0 bridgehead atoms. The molecule has 1 heteroatoms. The van der Waals surface area contributed by atoms with E-state index in [1.54, 1.807) is 0 Å². The van der Waals surface area contributed by atoms with Gasteiger partial charge in [0.25, 0.3) is 0 Å². The fraction of sp³-hybridized carbons (Fsp3) is 0.286. The molecule has 0 atom stereocenters. The molecular formula is C7H9I. The van der Waals surface area contributed by atoms with Gasteiger partial charge in [-0.25, -0.2) is 0 Å². The third-order valence-corrected chi connectivity index (χ3v) is 3.06. The predicted molar refractivity (Wildman–Crippen MR) is 47.6 cm³/mol. The highest BCUT2D eigenvalue weighted by atomic mass is 127. The molecule has 0 aromatic carbocycles.